The third kappa shape index (κ3) is 5.32. The first kappa shape index (κ1) is 28.8. The summed E-state index contributed by atoms with van der Waals surface area (Å²) in [5.74, 6) is 0. The molecule has 0 spiro atoms. The zero-order chi connectivity index (χ0) is 32.6. The lowest BCUT2D eigenvalue weighted by atomic mass is 9.91. The average Bonchev–Trinajstić information content (AvgIpc) is 3.18. The number of benzene rings is 9. The van der Waals surface area contributed by atoms with E-state index in [0.717, 1.165) is 17.1 Å². The topological polar surface area (TPSA) is 3.24 Å². The Morgan fingerprint density at radius 1 is 0.286 bits per heavy atom. The third-order valence-electron chi connectivity index (χ3n) is 9.63. The predicted octanol–water partition coefficient (Wildman–Crippen LogP) is 13.6. The van der Waals surface area contributed by atoms with Gasteiger partial charge in [-0.1, -0.05) is 158 Å². The fourth-order valence-electron chi connectivity index (χ4n) is 7.22. The maximum absolute atomic E-state index is 2.38. The molecule has 0 heterocycles. The van der Waals surface area contributed by atoms with Gasteiger partial charge in [-0.25, -0.2) is 0 Å². The summed E-state index contributed by atoms with van der Waals surface area (Å²) in [7, 11) is 0. The van der Waals surface area contributed by atoms with Crippen molar-refractivity contribution in [3.8, 4) is 33.4 Å². The van der Waals surface area contributed by atoms with Crippen molar-refractivity contribution < 1.29 is 0 Å². The van der Waals surface area contributed by atoms with E-state index in [-0.39, 0.29) is 0 Å². The molecule has 1 heteroatoms. The van der Waals surface area contributed by atoms with E-state index in [4.69, 9.17) is 0 Å². The molecule has 9 aromatic carbocycles. The van der Waals surface area contributed by atoms with E-state index in [1.165, 1.54) is 65.7 Å². The van der Waals surface area contributed by atoms with Gasteiger partial charge in [0.2, 0.25) is 0 Å². The molecule has 1 nitrogen and oxygen atoms in total. The molecule has 0 amide bonds. The highest BCUT2D eigenvalue weighted by Crippen LogP contribution is 2.44. The van der Waals surface area contributed by atoms with Crippen molar-refractivity contribution in [1.29, 1.82) is 0 Å². The minimum atomic E-state index is 1.11. The molecule has 0 atom stereocenters. The standard InChI is InChI=1S/C48H33N/c1-3-13-36(14-4-1)46-33-41(45-21-11-17-38-24-23-37-15-9-10-20-44(37)48(38)45)28-31-47(46)49(42-18-5-2-6-19-42)43-29-26-35(27-30-43)40-25-22-34-12-7-8-16-39(34)32-40/h1-33H. The van der Waals surface area contributed by atoms with Crippen LogP contribution in [0.1, 0.15) is 0 Å². The first-order valence-corrected chi connectivity index (χ1v) is 16.8. The van der Waals surface area contributed by atoms with Crippen LogP contribution in [0, 0.1) is 0 Å². The number of fused-ring (bicyclic) bond motifs is 4. The molecule has 0 saturated carbocycles. The van der Waals surface area contributed by atoms with Crippen LogP contribution < -0.4 is 4.90 Å². The summed E-state index contributed by atoms with van der Waals surface area (Å²) in [4.78, 5) is 2.38. The largest absolute Gasteiger partial charge is 0.310 e. The zero-order valence-corrected chi connectivity index (χ0v) is 27.0. The van der Waals surface area contributed by atoms with Gasteiger partial charge >= 0.3 is 0 Å². The summed E-state index contributed by atoms with van der Waals surface area (Å²) < 4.78 is 0. The lowest BCUT2D eigenvalue weighted by Crippen LogP contribution is -2.11. The van der Waals surface area contributed by atoms with E-state index < -0.39 is 0 Å². The molecule has 9 aromatic rings. The Labute approximate surface area is 287 Å². The van der Waals surface area contributed by atoms with Crippen LogP contribution in [0.3, 0.4) is 0 Å². The van der Waals surface area contributed by atoms with Gasteiger partial charge in [-0.2, -0.15) is 0 Å². The molecule has 0 bridgehead atoms. The summed E-state index contributed by atoms with van der Waals surface area (Å²) in [6.45, 7) is 0. The van der Waals surface area contributed by atoms with Crippen molar-refractivity contribution in [1.82, 2.24) is 0 Å². The van der Waals surface area contributed by atoms with Crippen LogP contribution in [0.4, 0.5) is 17.1 Å². The van der Waals surface area contributed by atoms with E-state index in [1.54, 1.807) is 0 Å². The highest BCUT2D eigenvalue weighted by Gasteiger charge is 2.19. The summed E-state index contributed by atoms with van der Waals surface area (Å²) in [5.41, 5.74) is 10.6. The normalized spacial score (nSPS) is 11.3. The molecule has 9 rings (SSSR count). The monoisotopic (exact) mass is 623 g/mol. The lowest BCUT2D eigenvalue weighted by molar-refractivity contribution is 1.28. The average molecular weight is 624 g/mol. The second-order valence-electron chi connectivity index (χ2n) is 12.6. The molecule has 0 N–H and O–H groups in total. The van der Waals surface area contributed by atoms with Crippen LogP contribution in [-0.2, 0) is 0 Å². The van der Waals surface area contributed by atoms with Gasteiger partial charge in [-0.3, -0.25) is 0 Å². The zero-order valence-electron chi connectivity index (χ0n) is 27.0. The second kappa shape index (κ2) is 12.3. The molecule has 0 aliphatic heterocycles. The molecule has 0 aliphatic carbocycles. The Kier molecular flexibility index (Phi) is 7.22. The summed E-state index contributed by atoms with van der Waals surface area (Å²) in [6, 6.07) is 72.5. The van der Waals surface area contributed by atoms with Crippen LogP contribution in [0.2, 0.25) is 0 Å². The van der Waals surface area contributed by atoms with Crippen LogP contribution in [0.25, 0.3) is 65.7 Å². The first-order chi connectivity index (χ1) is 24.3. The van der Waals surface area contributed by atoms with Gasteiger partial charge in [0, 0.05) is 16.9 Å². The molecule has 230 valence electrons. The van der Waals surface area contributed by atoms with Crippen molar-refractivity contribution in [2.75, 3.05) is 4.90 Å². The van der Waals surface area contributed by atoms with Crippen LogP contribution in [0.5, 0.6) is 0 Å². The number of hydrogen-bond donors (Lipinski definition) is 0. The number of nitrogens with zero attached hydrogens (tertiary/aromatic N) is 1. The number of anilines is 3. The van der Waals surface area contributed by atoms with Gasteiger partial charge in [0.1, 0.15) is 0 Å². The van der Waals surface area contributed by atoms with Gasteiger partial charge in [0.25, 0.3) is 0 Å². The highest BCUT2D eigenvalue weighted by atomic mass is 15.1. The van der Waals surface area contributed by atoms with Gasteiger partial charge in [0.15, 0.2) is 0 Å². The minimum absolute atomic E-state index is 1.11. The molecule has 0 radical (unpaired) electrons. The molecule has 0 unspecified atom stereocenters. The van der Waals surface area contributed by atoms with Crippen molar-refractivity contribution in [2.45, 2.75) is 0 Å². The Morgan fingerprint density at radius 2 is 0.878 bits per heavy atom. The SMILES string of the molecule is c1ccc(-c2cc(-c3cccc4ccc5ccccc5c34)ccc2N(c2ccccc2)c2ccc(-c3ccc4ccccc4c3)cc2)cc1. The van der Waals surface area contributed by atoms with E-state index in [0.29, 0.717) is 0 Å². The molecule has 0 fully saturated rings. The van der Waals surface area contributed by atoms with Crippen molar-refractivity contribution in [3.05, 3.63) is 200 Å². The maximum atomic E-state index is 2.38. The van der Waals surface area contributed by atoms with Gasteiger partial charge in [0.05, 0.1) is 5.69 Å². The van der Waals surface area contributed by atoms with E-state index >= 15 is 0 Å². The number of para-hydroxylation sites is 1. The number of rotatable bonds is 6. The van der Waals surface area contributed by atoms with Gasteiger partial charge in [-0.15, -0.1) is 0 Å². The Balaban J connectivity index is 1.22. The van der Waals surface area contributed by atoms with Crippen LogP contribution in [0.15, 0.2) is 200 Å². The Hall–Kier alpha value is -6.44. The maximum Gasteiger partial charge on any atom is 0.0540 e. The van der Waals surface area contributed by atoms with E-state index in [9.17, 15) is 0 Å². The van der Waals surface area contributed by atoms with Gasteiger partial charge < -0.3 is 4.90 Å². The lowest BCUT2D eigenvalue weighted by Gasteiger charge is -2.28. The second-order valence-corrected chi connectivity index (χ2v) is 12.6. The smallest absolute Gasteiger partial charge is 0.0540 e. The van der Waals surface area contributed by atoms with Crippen molar-refractivity contribution in [3.63, 3.8) is 0 Å². The Morgan fingerprint density at radius 3 is 1.69 bits per heavy atom. The summed E-state index contributed by atoms with van der Waals surface area (Å²) in [5, 5.41) is 7.58. The quantitative estimate of drug-likeness (QED) is 0.167. The van der Waals surface area contributed by atoms with Gasteiger partial charge in [-0.05, 0) is 103 Å². The third-order valence-corrected chi connectivity index (χ3v) is 9.63. The summed E-state index contributed by atoms with van der Waals surface area (Å²) >= 11 is 0. The summed E-state index contributed by atoms with van der Waals surface area (Å²) in [6.07, 6.45) is 0. The number of hydrogen-bond acceptors (Lipinski definition) is 1. The molecular weight excluding hydrogens is 591 g/mol. The molecule has 0 aliphatic rings. The van der Waals surface area contributed by atoms with E-state index in [2.05, 4.69) is 205 Å². The Bertz CT molecular complexity index is 2590. The van der Waals surface area contributed by atoms with Crippen LogP contribution >= 0.6 is 0 Å². The molecule has 0 aromatic heterocycles. The first-order valence-electron chi connectivity index (χ1n) is 16.8. The molecule has 0 saturated heterocycles. The fraction of sp³-hybridized carbons (Fsp3) is 0. The van der Waals surface area contributed by atoms with E-state index in [1.807, 2.05) is 0 Å². The van der Waals surface area contributed by atoms with Crippen molar-refractivity contribution in [2.24, 2.45) is 0 Å². The minimum Gasteiger partial charge on any atom is -0.310 e. The highest BCUT2D eigenvalue weighted by molar-refractivity contribution is 6.14. The predicted molar refractivity (Wildman–Crippen MR) is 210 cm³/mol. The molecular formula is C48H33N. The van der Waals surface area contributed by atoms with Crippen molar-refractivity contribution >= 4 is 49.4 Å². The fourth-order valence-corrected chi connectivity index (χ4v) is 7.22. The molecule has 49 heavy (non-hydrogen) atoms. The van der Waals surface area contributed by atoms with Crippen LogP contribution in [-0.4, -0.2) is 0 Å².